The van der Waals surface area contributed by atoms with Gasteiger partial charge in [-0.15, -0.1) is 0 Å². The normalized spacial score (nSPS) is 20.1. The summed E-state index contributed by atoms with van der Waals surface area (Å²) in [5, 5.41) is -0.431. The van der Waals surface area contributed by atoms with Crippen LogP contribution in [-0.4, -0.2) is 37.6 Å². The largest absolute Gasteiger partial charge is 0.353 e. The summed E-state index contributed by atoms with van der Waals surface area (Å²) in [5.74, 6) is 1.76. The second-order valence-electron chi connectivity index (χ2n) is 5.01. The monoisotopic (exact) mass is 314 g/mol. The number of hydrogen-bond acceptors (Lipinski definition) is 5. The lowest BCUT2D eigenvalue weighted by atomic mass is 10.1. The molecule has 1 aromatic carbocycles. The third kappa shape index (κ3) is 3.13. The Hall–Kier alpha value is -0.720. The summed E-state index contributed by atoms with van der Waals surface area (Å²) in [6.07, 6.45) is 0. The second kappa shape index (κ2) is 6.37. The minimum atomic E-state index is -3.09. The van der Waals surface area contributed by atoms with Gasteiger partial charge in [0.2, 0.25) is 0 Å². The number of sulfone groups is 1. The Kier molecular flexibility index (Phi) is 4.99. The van der Waals surface area contributed by atoms with Gasteiger partial charge in [-0.05, 0) is 18.6 Å². The van der Waals surface area contributed by atoms with Crippen LogP contribution in [0.2, 0.25) is 0 Å². The van der Waals surface area contributed by atoms with E-state index in [-0.39, 0.29) is 5.75 Å². The molecule has 1 atom stereocenters. The number of hydrogen-bond donors (Lipinski definition) is 1. The maximum atomic E-state index is 12.3. The fourth-order valence-corrected chi connectivity index (χ4v) is 5.49. The summed E-state index contributed by atoms with van der Waals surface area (Å²) in [5.41, 5.74) is 8.97. The van der Waals surface area contributed by atoms with E-state index in [1.165, 1.54) is 0 Å². The van der Waals surface area contributed by atoms with Gasteiger partial charge in [-0.25, -0.2) is 8.42 Å². The van der Waals surface area contributed by atoms with Crippen molar-refractivity contribution in [2.45, 2.75) is 25.8 Å². The van der Waals surface area contributed by atoms with Gasteiger partial charge < -0.3 is 10.6 Å². The molecule has 1 aliphatic heterocycles. The molecular formula is C14H22N2O2S2. The van der Waals surface area contributed by atoms with Crippen LogP contribution in [0.4, 0.5) is 5.69 Å². The van der Waals surface area contributed by atoms with Crippen molar-refractivity contribution in [1.29, 1.82) is 0 Å². The van der Waals surface area contributed by atoms with Gasteiger partial charge in [0, 0.05) is 36.0 Å². The first-order valence-corrected chi connectivity index (χ1v) is 9.72. The molecule has 0 amide bonds. The van der Waals surface area contributed by atoms with Crippen molar-refractivity contribution in [3.8, 4) is 0 Å². The Bertz CT molecular complexity index is 573. The molecule has 1 aromatic rings. The van der Waals surface area contributed by atoms with Crippen molar-refractivity contribution < 1.29 is 8.42 Å². The number of rotatable bonds is 4. The zero-order valence-corrected chi connectivity index (χ0v) is 13.6. The summed E-state index contributed by atoms with van der Waals surface area (Å²) in [7, 11) is -3.09. The second-order valence-corrected chi connectivity index (χ2v) is 8.61. The topological polar surface area (TPSA) is 63.4 Å². The Labute approximate surface area is 125 Å². The minimum Gasteiger partial charge on any atom is -0.353 e. The Morgan fingerprint density at radius 1 is 1.45 bits per heavy atom. The van der Waals surface area contributed by atoms with Crippen molar-refractivity contribution in [2.75, 3.05) is 28.7 Å². The number of thioether (sulfide) groups is 1. The van der Waals surface area contributed by atoms with Crippen molar-refractivity contribution >= 4 is 27.3 Å². The molecule has 4 nitrogen and oxygen atoms in total. The molecule has 2 N–H and O–H groups in total. The molecule has 1 fully saturated rings. The van der Waals surface area contributed by atoms with E-state index in [1.807, 2.05) is 30.0 Å². The number of nitrogens with two attached hydrogens (primary N) is 1. The van der Waals surface area contributed by atoms with Crippen LogP contribution in [0, 0.1) is 6.92 Å². The highest BCUT2D eigenvalue weighted by Gasteiger charge is 2.33. The van der Waals surface area contributed by atoms with Gasteiger partial charge in [0.25, 0.3) is 0 Å². The predicted octanol–water partition coefficient (Wildman–Crippen LogP) is 1.77. The lowest BCUT2D eigenvalue weighted by molar-refractivity contribution is 0.579. The van der Waals surface area contributed by atoms with Crippen LogP contribution in [0.5, 0.6) is 0 Å². The van der Waals surface area contributed by atoms with Gasteiger partial charge in [-0.2, -0.15) is 11.8 Å². The van der Waals surface area contributed by atoms with Crippen LogP contribution in [0.15, 0.2) is 18.2 Å². The third-order valence-electron chi connectivity index (χ3n) is 3.67. The van der Waals surface area contributed by atoms with Gasteiger partial charge in [0.15, 0.2) is 9.84 Å². The zero-order valence-electron chi connectivity index (χ0n) is 12.0. The van der Waals surface area contributed by atoms with E-state index in [2.05, 4.69) is 0 Å². The van der Waals surface area contributed by atoms with Gasteiger partial charge in [-0.1, -0.05) is 24.6 Å². The smallest absolute Gasteiger partial charge is 0.171 e. The molecule has 1 unspecified atom stereocenters. The van der Waals surface area contributed by atoms with Crippen LogP contribution in [0.3, 0.4) is 0 Å². The quantitative estimate of drug-likeness (QED) is 0.917. The van der Waals surface area contributed by atoms with Crippen LogP contribution >= 0.6 is 11.8 Å². The molecule has 0 radical (unpaired) electrons. The maximum Gasteiger partial charge on any atom is 0.171 e. The minimum absolute atomic E-state index is 0.179. The van der Waals surface area contributed by atoms with E-state index < -0.39 is 15.2 Å². The Morgan fingerprint density at radius 3 is 2.85 bits per heavy atom. The molecule has 6 heteroatoms. The molecule has 0 bridgehead atoms. The molecule has 20 heavy (non-hydrogen) atoms. The summed E-state index contributed by atoms with van der Waals surface area (Å²) in [6, 6.07) is 6.07. The predicted molar refractivity (Wildman–Crippen MR) is 87.0 cm³/mol. The molecule has 1 saturated heterocycles. The maximum absolute atomic E-state index is 12.3. The lowest BCUT2D eigenvalue weighted by Gasteiger charge is -2.37. The molecular weight excluding hydrogens is 292 g/mol. The van der Waals surface area contributed by atoms with Gasteiger partial charge in [-0.3, -0.25) is 0 Å². The van der Waals surface area contributed by atoms with Gasteiger partial charge >= 0.3 is 0 Å². The molecule has 1 heterocycles. The van der Waals surface area contributed by atoms with E-state index in [0.29, 0.717) is 12.3 Å². The highest BCUT2D eigenvalue weighted by molar-refractivity contribution is 8.01. The summed E-state index contributed by atoms with van der Waals surface area (Å²) >= 11 is 1.71. The van der Waals surface area contributed by atoms with Crippen LogP contribution < -0.4 is 10.6 Å². The molecule has 0 saturated carbocycles. The van der Waals surface area contributed by atoms with Crippen LogP contribution in [0.25, 0.3) is 0 Å². The standard InChI is InChI=1S/C14H22N2O2S2/c1-3-20(17,18)14-10-19-7-6-16(14)13-5-4-11(2)8-12(13)9-15/h4-5,8,14H,3,6-7,9-10,15H2,1-2H3. The van der Waals surface area contributed by atoms with E-state index in [1.54, 1.807) is 18.7 Å². The fourth-order valence-electron chi connectivity index (χ4n) is 2.50. The van der Waals surface area contributed by atoms with Gasteiger partial charge in [0.1, 0.15) is 5.37 Å². The summed E-state index contributed by atoms with van der Waals surface area (Å²) < 4.78 is 24.6. The average Bonchev–Trinajstić information content (AvgIpc) is 2.47. The molecule has 0 aliphatic carbocycles. The molecule has 2 rings (SSSR count). The fraction of sp³-hybridized carbons (Fsp3) is 0.571. The van der Waals surface area contributed by atoms with Crippen molar-refractivity contribution in [2.24, 2.45) is 5.73 Å². The van der Waals surface area contributed by atoms with E-state index in [4.69, 9.17) is 5.73 Å². The number of benzene rings is 1. The van der Waals surface area contributed by atoms with Crippen molar-refractivity contribution in [1.82, 2.24) is 0 Å². The SMILES string of the molecule is CCS(=O)(=O)C1CSCCN1c1ccc(C)cc1CN. The van der Waals surface area contributed by atoms with Gasteiger partial charge in [0.05, 0.1) is 0 Å². The zero-order chi connectivity index (χ0) is 14.8. The third-order valence-corrected chi connectivity index (χ3v) is 6.95. The summed E-state index contributed by atoms with van der Waals surface area (Å²) in [6.45, 7) is 4.92. The first-order chi connectivity index (χ1) is 9.49. The number of anilines is 1. The number of nitrogens with zero attached hydrogens (tertiary/aromatic N) is 1. The first-order valence-electron chi connectivity index (χ1n) is 6.85. The molecule has 112 valence electrons. The van der Waals surface area contributed by atoms with E-state index in [0.717, 1.165) is 29.1 Å². The lowest BCUT2D eigenvalue weighted by Crippen LogP contribution is -2.48. The Morgan fingerprint density at radius 2 is 2.20 bits per heavy atom. The van der Waals surface area contributed by atoms with E-state index >= 15 is 0 Å². The number of aryl methyl sites for hydroxylation is 1. The highest BCUT2D eigenvalue weighted by Crippen LogP contribution is 2.30. The van der Waals surface area contributed by atoms with Crippen LogP contribution in [-0.2, 0) is 16.4 Å². The van der Waals surface area contributed by atoms with Crippen molar-refractivity contribution in [3.05, 3.63) is 29.3 Å². The Balaban J connectivity index is 2.43. The van der Waals surface area contributed by atoms with Crippen molar-refractivity contribution in [3.63, 3.8) is 0 Å². The van der Waals surface area contributed by atoms with Crippen LogP contribution in [0.1, 0.15) is 18.1 Å². The highest BCUT2D eigenvalue weighted by atomic mass is 32.2. The molecule has 1 aliphatic rings. The summed E-state index contributed by atoms with van der Waals surface area (Å²) in [4.78, 5) is 2.02. The first kappa shape index (κ1) is 15.7. The van der Waals surface area contributed by atoms with E-state index in [9.17, 15) is 8.42 Å². The molecule has 0 aromatic heterocycles. The average molecular weight is 314 g/mol. The molecule has 0 spiro atoms.